The maximum atomic E-state index is 11.0. The van der Waals surface area contributed by atoms with Crippen LogP contribution in [0.25, 0.3) is 0 Å². The van der Waals surface area contributed by atoms with Crippen LogP contribution in [0, 0.1) is 5.92 Å². The summed E-state index contributed by atoms with van der Waals surface area (Å²) < 4.78 is 9.57. The lowest BCUT2D eigenvalue weighted by molar-refractivity contribution is -0.239. The number of carbonyl (C=O) groups is 2. The van der Waals surface area contributed by atoms with E-state index in [0.29, 0.717) is 0 Å². The molecule has 0 unspecified atom stereocenters. The number of esters is 2. The average Bonchev–Trinajstić information content (AvgIpc) is 1.82. The molecule has 0 aliphatic carbocycles. The van der Waals surface area contributed by atoms with Gasteiger partial charge in [-0.25, -0.2) is 0 Å². The van der Waals surface area contributed by atoms with Gasteiger partial charge >= 0.3 is 11.9 Å². The quantitative estimate of drug-likeness (QED) is 0.423. The molecule has 2 N–H and O–H groups in total. The van der Waals surface area contributed by atoms with Gasteiger partial charge < -0.3 is 15.2 Å². The van der Waals surface area contributed by atoms with Gasteiger partial charge in [-0.05, 0) is 0 Å². The molecule has 5 nitrogen and oxygen atoms in total. The Morgan fingerprint density at radius 3 is 2.08 bits per heavy atom. The zero-order valence-electron chi connectivity index (χ0n) is 6.99. The molecule has 1 saturated heterocycles. The molecule has 1 rings (SSSR count). The Morgan fingerprint density at radius 2 is 1.75 bits per heavy atom. The van der Waals surface area contributed by atoms with E-state index in [1.54, 1.807) is 0 Å². The topological polar surface area (TPSA) is 78.6 Å². The van der Waals surface area contributed by atoms with Crippen LogP contribution in [-0.2, 0) is 19.1 Å². The molecule has 0 amide bonds. The van der Waals surface area contributed by atoms with Gasteiger partial charge in [0.15, 0.2) is 5.92 Å². The summed E-state index contributed by atoms with van der Waals surface area (Å²) >= 11 is 0. The summed E-state index contributed by atoms with van der Waals surface area (Å²) in [5, 5.41) is 0. The molecule has 68 valence electrons. The first-order chi connectivity index (χ1) is 5.46. The van der Waals surface area contributed by atoms with Crippen LogP contribution in [0.5, 0.6) is 0 Å². The van der Waals surface area contributed by atoms with Gasteiger partial charge in [0, 0.05) is 20.4 Å². The van der Waals surface area contributed by atoms with E-state index in [4.69, 9.17) is 15.2 Å². The lowest BCUT2D eigenvalue weighted by atomic mass is 10.1. The van der Waals surface area contributed by atoms with Crippen LogP contribution in [0.2, 0.25) is 0 Å². The van der Waals surface area contributed by atoms with Crippen molar-refractivity contribution in [2.75, 3.05) is 6.54 Å². The van der Waals surface area contributed by atoms with Crippen molar-refractivity contribution in [1.29, 1.82) is 0 Å². The maximum Gasteiger partial charge on any atom is 0.324 e. The molecule has 12 heavy (non-hydrogen) atoms. The van der Waals surface area contributed by atoms with Crippen LogP contribution in [-0.4, -0.2) is 24.3 Å². The highest BCUT2D eigenvalue weighted by Crippen LogP contribution is 2.21. The van der Waals surface area contributed by atoms with E-state index < -0.39 is 23.6 Å². The Labute approximate surface area is 69.8 Å². The summed E-state index contributed by atoms with van der Waals surface area (Å²) in [5.41, 5.74) is 5.17. The minimum Gasteiger partial charge on any atom is -0.422 e. The molecule has 1 aliphatic rings. The molecule has 0 aromatic rings. The highest BCUT2D eigenvalue weighted by molar-refractivity contribution is 5.96. The summed E-state index contributed by atoms with van der Waals surface area (Å²) in [4.78, 5) is 22.1. The normalized spacial score (nSPS) is 23.2. The number of rotatable bonds is 1. The number of ether oxygens (including phenoxy) is 2. The van der Waals surface area contributed by atoms with Crippen molar-refractivity contribution in [3.63, 3.8) is 0 Å². The molecule has 5 heteroatoms. The Morgan fingerprint density at radius 1 is 1.33 bits per heavy atom. The molecule has 0 spiro atoms. The van der Waals surface area contributed by atoms with Gasteiger partial charge in [-0.3, -0.25) is 9.59 Å². The van der Waals surface area contributed by atoms with E-state index in [0.717, 1.165) is 0 Å². The van der Waals surface area contributed by atoms with Gasteiger partial charge in [-0.15, -0.1) is 0 Å². The molecule has 0 bridgehead atoms. The Kier molecular flexibility index (Phi) is 2.06. The van der Waals surface area contributed by atoms with Crippen LogP contribution in [0.15, 0.2) is 0 Å². The smallest absolute Gasteiger partial charge is 0.324 e. The fraction of sp³-hybridized carbons (Fsp3) is 0.714. The molecule has 0 aromatic heterocycles. The second-order valence-corrected chi connectivity index (χ2v) is 3.03. The summed E-state index contributed by atoms with van der Waals surface area (Å²) in [7, 11) is 0. The van der Waals surface area contributed by atoms with Gasteiger partial charge in [-0.1, -0.05) is 0 Å². The van der Waals surface area contributed by atoms with Crippen LogP contribution in [0.3, 0.4) is 0 Å². The predicted molar refractivity (Wildman–Crippen MR) is 38.8 cm³/mol. The third-order valence-corrected chi connectivity index (χ3v) is 1.50. The van der Waals surface area contributed by atoms with Crippen molar-refractivity contribution >= 4 is 11.9 Å². The Hall–Kier alpha value is -1.10. The third kappa shape index (κ3) is 1.55. The largest absolute Gasteiger partial charge is 0.422 e. The maximum absolute atomic E-state index is 11.0. The van der Waals surface area contributed by atoms with Crippen molar-refractivity contribution in [2.45, 2.75) is 19.6 Å². The molecule has 0 atom stereocenters. The summed E-state index contributed by atoms with van der Waals surface area (Å²) in [6, 6.07) is 0. The molecular weight excluding hydrogens is 162 g/mol. The Bertz CT molecular complexity index is 203. The molecule has 0 aromatic carbocycles. The first-order valence-electron chi connectivity index (χ1n) is 3.62. The van der Waals surface area contributed by atoms with Crippen molar-refractivity contribution in [3.05, 3.63) is 0 Å². The second kappa shape index (κ2) is 2.75. The number of carbonyl (C=O) groups excluding carboxylic acids is 2. The minimum atomic E-state index is -1.15. The SMILES string of the molecule is CC1(C)OC(=O)C(CN)C(=O)O1. The fourth-order valence-corrected chi connectivity index (χ4v) is 0.936. The molecule has 1 fully saturated rings. The van der Waals surface area contributed by atoms with E-state index in [-0.39, 0.29) is 6.54 Å². The molecule has 0 saturated carbocycles. The number of nitrogens with two attached hydrogens (primary N) is 1. The highest BCUT2D eigenvalue weighted by Gasteiger charge is 2.42. The van der Waals surface area contributed by atoms with Crippen molar-refractivity contribution < 1.29 is 19.1 Å². The van der Waals surface area contributed by atoms with Gasteiger partial charge in [0.1, 0.15) is 0 Å². The average molecular weight is 173 g/mol. The van der Waals surface area contributed by atoms with Gasteiger partial charge in [0.05, 0.1) is 0 Å². The first-order valence-corrected chi connectivity index (χ1v) is 3.62. The zero-order chi connectivity index (χ0) is 9.35. The number of cyclic esters (lactones) is 2. The summed E-state index contributed by atoms with van der Waals surface area (Å²) in [6.45, 7) is 2.92. The highest BCUT2D eigenvalue weighted by atomic mass is 16.7. The number of hydrogen-bond donors (Lipinski definition) is 1. The fourth-order valence-electron chi connectivity index (χ4n) is 0.936. The van der Waals surface area contributed by atoms with Gasteiger partial charge in [0.25, 0.3) is 5.79 Å². The van der Waals surface area contributed by atoms with Crippen LogP contribution in [0.1, 0.15) is 13.8 Å². The van der Waals surface area contributed by atoms with E-state index in [9.17, 15) is 9.59 Å². The third-order valence-electron chi connectivity index (χ3n) is 1.50. The van der Waals surface area contributed by atoms with E-state index >= 15 is 0 Å². The summed E-state index contributed by atoms with van der Waals surface area (Å²) in [6.07, 6.45) is 0. The lowest BCUT2D eigenvalue weighted by Gasteiger charge is -2.32. The monoisotopic (exact) mass is 173 g/mol. The van der Waals surface area contributed by atoms with Crippen LogP contribution < -0.4 is 5.73 Å². The predicted octanol–water partition coefficient (Wildman–Crippen LogP) is -0.603. The van der Waals surface area contributed by atoms with Crippen LogP contribution in [0.4, 0.5) is 0 Å². The Balaban J connectivity index is 2.77. The van der Waals surface area contributed by atoms with Crippen molar-refractivity contribution in [3.8, 4) is 0 Å². The van der Waals surface area contributed by atoms with Crippen molar-refractivity contribution in [2.24, 2.45) is 11.7 Å². The standard InChI is InChI=1S/C7H11NO4/c1-7(2)11-5(9)4(3-8)6(10)12-7/h4H,3,8H2,1-2H3. The van der Waals surface area contributed by atoms with Gasteiger partial charge in [-0.2, -0.15) is 0 Å². The summed E-state index contributed by atoms with van der Waals surface area (Å²) in [5.74, 6) is -3.34. The zero-order valence-corrected chi connectivity index (χ0v) is 6.99. The minimum absolute atomic E-state index is 0.0756. The second-order valence-electron chi connectivity index (χ2n) is 3.03. The number of hydrogen-bond acceptors (Lipinski definition) is 5. The first kappa shape index (κ1) is 8.99. The lowest BCUT2D eigenvalue weighted by Crippen LogP contribution is -2.48. The molecule has 0 radical (unpaired) electrons. The molecule has 1 aliphatic heterocycles. The molecular formula is C7H11NO4. The van der Waals surface area contributed by atoms with Gasteiger partial charge in [0.2, 0.25) is 0 Å². The van der Waals surface area contributed by atoms with Crippen LogP contribution >= 0.6 is 0 Å². The van der Waals surface area contributed by atoms with E-state index in [2.05, 4.69) is 0 Å². The molecule has 1 heterocycles. The van der Waals surface area contributed by atoms with E-state index in [1.165, 1.54) is 13.8 Å². The van der Waals surface area contributed by atoms with E-state index in [1.807, 2.05) is 0 Å². The van der Waals surface area contributed by atoms with Crippen molar-refractivity contribution in [1.82, 2.24) is 0 Å².